The maximum absolute atomic E-state index is 10.2. The Hall–Kier alpha value is -5.72. The maximum atomic E-state index is 10.2. The molecule has 0 fully saturated rings. The molecule has 7 rings (SSSR count). The van der Waals surface area contributed by atoms with E-state index in [-0.39, 0.29) is 5.92 Å². The molecule has 2 atom stereocenters. The van der Waals surface area contributed by atoms with E-state index in [1.54, 1.807) is 0 Å². The second kappa shape index (κ2) is 12.6. The Kier molecular flexibility index (Phi) is 8.02. The molecule has 228 valence electrons. The summed E-state index contributed by atoms with van der Waals surface area (Å²) in [5, 5.41) is 12.7. The van der Waals surface area contributed by atoms with E-state index in [1.165, 1.54) is 27.4 Å². The lowest BCUT2D eigenvalue weighted by atomic mass is 9.93. The third-order valence-electron chi connectivity index (χ3n) is 9.56. The molecule has 0 spiro atoms. The molecule has 2 heterocycles. The van der Waals surface area contributed by atoms with Crippen LogP contribution >= 0.6 is 0 Å². The van der Waals surface area contributed by atoms with E-state index < -0.39 is 0 Å². The van der Waals surface area contributed by atoms with E-state index in [1.807, 2.05) is 44.2 Å². The summed E-state index contributed by atoms with van der Waals surface area (Å²) in [5.41, 5.74) is 12.8. The van der Waals surface area contributed by atoms with Gasteiger partial charge in [-0.1, -0.05) is 85.0 Å². The topological polar surface area (TPSA) is 41.6 Å². The van der Waals surface area contributed by atoms with Gasteiger partial charge in [0.15, 0.2) is 0 Å². The lowest BCUT2D eigenvalue weighted by Crippen LogP contribution is -2.00. The summed E-state index contributed by atoms with van der Waals surface area (Å²) in [5.74, 6) is 0.605. The van der Waals surface area contributed by atoms with Crippen LogP contribution in [0.15, 0.2) is 152 Å². The van der Waals surface area contributed by atoms with Crippen molar-refractivity contribution in [1.29, 1.82) is 5.26 Å². The molecule has 0 bridgehead atoms. The summed E-state index contributed by atoms with van der Waals surface area (Å²) in [6.45, 7) is 12.3. The summed E-state index contributed by atoms with van der Waals surface area (Å²) in [7, 11) is 0. The van der Waals surface area contributed by atoms with Crippen LogP contribution in [0.1, 0.15) is 36.5 Å². The third kappa shape index (κ3) is 5.33. The van der Waals surface area contributed by atoms with Crippen LogP contribution in [0.5, 0.6) is 0 Å². The number of rotatable bonds is 8. The molecule has 1 aliphatic rings. The number of aromatic nitrogens is 2. The van der Waals surface area contributed by atoms with Gasteiger partial charge in [0.05, 0.1) is 28.5 Å². The number of allylic oxidation sites excluding steroid dienone is 6. The van der Waals surface area contributed by atoms with Gasteiger partial charge >= 0.3 is 0 Å². The van der Waals surface area contributed by atoms with Crippen molar-refractivity contribution in [3.8, 4) is 34.3 Å². The molecule has 3 heteroatoms. The van der Waals surface area contributed by atoms with Gasteiger partial charge in [0.25, 0.3) is 0 Å². The molecule has 47 heavy (non-hydrogen) atoms. The zero-order chi connectivity index (χ0) is 32.5. The highest BCUT2D eigenvalue weighted by molar-refractivity contribution is 6.11. The van der Waals surface area contributed by atoms with E-state index in [0.29, 0.717) is 12.3 Å². The lowest BCUT2D eigenvalue weighted by molar-refractivity contribution is 0.639. The summed E-state index contributed by atoms with van der Waals surface area (Å²) < 4.78 is 2.39. The summed E-state index contributed by atoms with van der Waals surface area (Å²) >= 11 is 0. The van der Waals surface area contributed by atoms with E-state index in [2.05, 4.69) is 121 Å². The van der Waals surface area contributed by atoms with Crippen LogP contribution in [-0.2, 0) is 12.8 Å². The Morgan fingerprint density at radius 3 is 2.38 bits per heavy atom. The minimum absolute atomic E-state index is 0.267. The largest absolute Gasteiger partial charge is 0.309 e. The third-order valence-corrected chi connectivity index (χ3v) is 9.56. The van der Waals surface area contributed by atoms with Gasteiger partial charge in [-0.25, -0.2) is 4.98 Å². The Labute approximate surface area is 277 Å². The second-order valence-electron chi connectivity index (χ2n) is 12.4. The number of pyridine rings is 1. The summed E-state index contributed by atoms with van der Waals surface area (Å²) in [6.07, 6.45) is 9.63. The number of fused-ring (bicyclic) bond motifs is 5. The summed E-state index contributed by atoms with van der Waals surface area (Å²) in [6, 6.07) is 38.9. The second-order valence-corrected chi connectivity index (χ2v) is 12.4. The van der Waals surface area contributed by atoms with Crippen molar-refractivity contribution in [2.24, 2.45) is 5.92 Å². The molecule has 0 amide bonds. The normalized spacial score (nSPS) is 16.3. The number of nitriles is 1. The van der Waals surface area contributed by atoms with Crippen LogP contribution in [0.3, 0.4) is 0 Å². The van der Waals surface area contributed by atoms with Crippen molar-refractivity contribution >= 4 is 21.8 Å². The predicted octanol–water partition coefficient (Wildman–Crippen LogP) is 11.1. The SMILES string of the molecule is C=CC1Cc2c(ccc3c2c2ccccc2n3-c2cc(C/C(C#N)=C(C)\C=C/C)cc(-c3cccc(-c4ccccc4)n3)c2)C1C=C. The number of benzene rings is 4. The van der Waals surface area contributed by atoms with Gasteiger partial charge in [0.1, 0.15) is 0 Å². The lowest BCUT2D eigenvalue weighted by Gasteiger charge is -2.15. The van der Waals surface area contributed by atoms with Gasteiger partial charge in [0, 0.05) is 45.5 Å². The van der Waals surface area contributed by atoms with Crippen molar-refractivity contribution in [3.63, 3.8) is 0 Å². The van der Waals surface area contributed by atoms with Crippen molar-refractivity contribution in [3.05, 3.63) is 168 Å². The minimum Gasteiger partial charge on any atom is -0.309 e. The Balaban J connectivity index is 1.48. The smallest absolute Gasteiger partial charge is 0.0953 e. The predicted molar refractivity (Wildman–Crippen MR) is 197 cm³/mol. The molecule has 2 unspecified atom stereocenters. The first-order chi connectivity index (χ1) is 23.0. The summed E-state index contributed by atoms with van der Waals surface area (Å²) in [4.78, 5) is 5.13. The van der Waals surface area contributed by atoms with Crippen LogP contribution in [0.4, 0.5) is 0 Å². The average molecular weight is 608 g/mol. The molecule has 2 aromatic heterocycles. The van der Waals surface area contributed by atoms with Crippen molar-refractivity contribution < 1.29 is 0 Å². The molecule has 0 radical (unpaired) electrons. The van der Waals surface area contributed by atoms with Gasteiger partial charge in [-0.15, -0.1) is 13.2 Å². The zero-order valence-electron chi connectivity index (χ0n) is 26.9. The molecule has 3 nitrogen and oxygen atoms in total. The van der Waals surface area contributed by atoms with Gasteiger partial charge in [-0.05, 0) is 90.9 Å². The van der Waals surface area contributed by atoms with Crippen LogP contribution in [0, 0.1) is 17.2 Å². The first kappa shape index (κ1) is 30.0. The molecular formula is C44H37N3. The molecule has 1 aliphatic carbocycles. The highest BCUT2D eigenvalue weighted by Crippen LogP contribution is 2.46. The number of hydrogen-bond acceptors (Lipinski definition) is 2. The number of para-hydroxylation sites is 1. The Morgan fingerprint density at radius 2 is 1.64 bits per heavy atom. The van der Waals surface area contributed by atoms with Gasteiger partial charge in [-0.2, -0.15) is 5.26 Å². The molecular weight excluding hydrogens is 571 g/mol. The standard InChI is InChI=1S/C44H37N3/c1-5-14-29(4)34(28-45)24-30-23-33(41-19-13-18-40(46-41)32-15-9-8-10-16-32)26-35(25-30)47-42-20-12-11-17-38(42)44-39-27-31(6-2)36(7-3)37(39)21-22-43(44)47/h5-23,25-26,31,36H,2-3,24,27H2,1,4H3/b14-5-,34-29+. The van der Waals surface area contributed by atoms with Crippen molar-refractivity contribution in [2.45, 2.75) is 32.6 Å². The van der Waals surface area contributed by atoms with Crippen LogP contribution < -0.4 is 0 Å². The zero-order valence-corrected chi connectivity index (χ0v) is 26.9. The van der Waals surface area contributed by atoms with E-state index in [4.69, 9.17) is 4.98 Å². The van der Waals surface area contributed by atoms with E-state index in [0.717, 1.165) is 56.8 Å². The van der Waals surface area contributed by atoms with Gasteiger partial charge in [0.2, 0.25) is 0 Å². The molecule has 0 N–H and O–H groups in total. The fourth-order valence-electron chi connectivity index (χ4n) is 7.32. The monoisotopic (exact) mass is 607 g/mol. The van der Waals surface area contributed by atoms with Crippen molar-refractivity contribution in [2.75, 3.05) is 0 Å². The quantitative estimate of drug-likeness (QED) is 0.0981. The minimum atomic E-state index is 0.267. The maximum Gasteiger partial charge on any atom is 0.0953 e. The molecule has 6 aromatic rings. The van der Waals surface area contributed by atoms with E-state index >= 15 is 0 Å². The Morgan fingerprint density at radius 1 is 0.872 bits per heavy atom. The average Bonchev–Trinajstić information content (AvgIpc) is 3.66. The van der Waals surface area contributed by atoms with Gasteiger partial charge in [-0.3, -0.25) is 0 Å². The number of nitrogens with zero attached hydrogens (tertiary/aromatic N) is 3. The first-order valence-corrected chi connectivity index (χ1v) is 16.2. The first-order valence-electron chi connectivity index (χ1n) is 16.2. The fraction of sp³-hybridized carbons (Fsp3) is 0.136. The van der Waals surface area contributed by atoms with Gasteiger partial charge < -0.3 is 4.57 Å². The Bertz CT molecular complexity index is 2270. The molecule has 0 saturated heterocycles. The number of hydrogen-bond donors (Lipinski definition) is 0. The van der Waals surface area contributed by atoms with Crippen LogP contribution in [-0.4, -0.2) is 9.55 Å². The fourth-order valence-corrected chi connectivity index (χ4v) is 7.32. The van der Waals surface area contributed by atoms with Crippen molar-refractivity contribution in [1.82, 2.24) is 9.55 Å². The molecule has 0 aliphatic heterocycles. The highest BCUT2D eigenvalue weighted by Gasteiger charge is 2.31. The molecule has 0 saturated carbocycles. The molecule has 4 aromatic carbocycles. The van der Waals surface area contributed by atoms with Crippen LogP contribution in [0.2, 0.25) is 0 Å². The van der Waals surface area contributed by atoms with Crippen LogP contribution in [0.25, 0.3) is 50.0 Å². The highest BCUT2D eigenvalue weighted by atomic mass is 15.0. The van der Waals surface area contributed by atoms with E-state index in [9.17, 15) is 5.26 Å².